The van der Waals surface area contributed by atoms with Crippen LogP contribution in [0, 0.1) is 0 Å². The van der Waals surface area contributed by atoms with E-state index in [9.17, 15) is 13.2 Å². The van der Waals surface area contributed by atoms with Crippen LogP contribution in [-0.4, -0.2) is 34.1 Å². The van der Waals surface area contributed by atoms with E-state index in [1.54, 1.807) is 25.1 Å². The molecule has 0 saturated heterocycles. The summed E-state index contributed by atoms with van der Waals surface area (Å²) < 4.78 is 31.5. The van der Waals surface area contributed by atoms with Crippen molar-refractivity contribution in [1.82, 2.24) is 4.72 Å². The minimum Gasteiger partial charge on any atom is -0.372 e. The zero-order chi connectivity index (χ0) is 15.0. The lowest BCUT2D eigenvalue weighted by Gasteiger charge is -2.11. The van der Waals surface area contributed by atoms with Gasteiger partial charge in [-0.25, -0.2) is 13.1 Å². The smallest absolute Gasteiger partial charge is 0.250 e. The molecular weight excluding hydrogens is 280 g/mol. The van der Waals surface area contributed by atoms with Crippen molar-refractivity contribution in [2.75, 3.05) is 25.1 Å². The predicted octanol–water partition coefficient (Wildman–Crippen LogP) is 1.35. The number of benzene rings is 1. The van der Waals surface area contributed by atoms with Crippen LogP contribution in [0.15, 0.2) is 29.2 Å². The van der Waals surface area contributed by atoms with Gasteiger partial charge in [-0.15, -0.1) is 0 Å². The number of anilines is 1. The van der Waals surface area contributed by atoms with E-state index in [-0.39, 0.29) is 29.6 Å². The van der Waals surface area contributed by atoms with Gasteiger partial charge in [-0.2, -0.15) is 0 Å². The maximum atomic E-state index is 12.0. The van der Waals surface area contributed by atoms with Gasteiger partial charge < -0.3 is 10.1 Å². The number of rotatable bonds is 8. The Morgan fingerprint density at radius 2 is 1.95 bits per heavy atom. The number of nitrogens with one attached hydrogen (secondary N) is 2. The van der Waals surface area contributed by atoms with Crippen molar-refractivity contribution in [2.45, 2.75) is 25.2 Å². The highest BCUT2D eigenvalue weighted by atomic mass is 32.2. The molecule has 1 aromatic carbocycles. The largest absolute Gasteiger partial charge is 0.372 e. The molecule has 20 heavy (non-hydrogen) atoms. The van der Waals surface area contributed by atoms with Gasteiger partial charge in [0, 0.05) is 13.2 Å². The third-order valence-corrected chi connectivity index (χ3v) is 3.97. The number of carbonyl (C=O) groups excluding carboxylic acids is 1. The summed E-state index contributed by atoms with van der Waals surface area (Å²) in [5.74, 6) is -0.377. The third kappa shape index (κ3) is 4.92. The highest BCUT2D eigenvalue weighted by Gasteiger charge is 2.18. The average Bonchev–Trinajstić information content (AvgIpc) is 2.39. The Bertz CT molecular complexity index is 543. The Balaban J connectivity index is 2.83. The lowest BCUT2D eigenvalue weighted by atomic mass is 10.3. The predicted molar refractivity (Wildman–Crippen MR) is 77.0 cm³/mol. The second kappa shape index (κ2) is 7.98. The molecule has 0 fully saturated rings. The maximum absolute atomic E-state index is 12.0. The molecule has 0 spiro atoms. The van der Waals surface area contributed by atoms with Crippen LogP contribution >= 0.6 is 0 Å². The number of hydrogen-bond acceptors (Lipinski definition) is 4. The van der Waals surface area contributed by atoms with Crippen LogP contribution in [-0.2, 0) is 19.6 Å². The van der Waals surface area contributed by atoms with E-state index >= 15 is 0 Å². The van der Waals surface area contributed by atoms with Gasteiger partial charge in [-0.1, -0.05) is 26.0 Å². The number of para-hydroxylation sites is 1. The Kier molecular flexibility index (Phi) is 6.63. The van der Waals surface area contributed by atoms with Gasteiger partial charge in [0.05, 0.1) is 5.69 Å². The number of ether oxygens (including phenoxy) is 1. The molecule has 0 saturated carbocycles. The van der Waals surface area contributed by atoms with Gasteiger partial charge in [0.25, 0.3) is 0 Å². The first-order valence-electron chi connectivity index (χ1n) is 6.47. The summed E-state index contributed by atoms with van der Waals surface area (Å²) in [6.07, 6.45) is 0.818. The molecule has 0 unspecified atom stereocenters. The molecule has 0 aromatic heterocycles. The van der Waals surface area contributed by atoms with E-state index in [1.165, 1.54) is 6.07 Å². The van der Waals surface area contributed by atoms with Crippen molar-refractivity contribution in [3.63, 3.8) is 0 Å². The molecule has 0 heterocycles. The van der Waals surface area contributed by atoms with Crippen LogP contribution in [0.2, 0.25) is 0 Å². The van der Waals surface area contributed by atoms with Crippen molar-refractivity contribution in [3.8, 4) is 0 Å². The summed E-state index contributed by atoms with van der Waals surface area (Å²) in [4.78, 5) is 11.7. The van der Waals surface area contributed by atoms with Crippen LogP contribution in [0.3, 0.4) is 0 Å². The monoisotopic (exact) mass is 300 g/mol. The molecule has 6 nitrogen and oxygen atoms in total. The first kappa shape index (κ1) is 16.6. The number of hydrogen-bond donors (Lipinski definition) is 2. The highest BCUT2D eigenvalue weighted by Crippen LogP contribution is 2.20. The van der Waals surface area contributed by atoms with E-state index in [4.69, 9.17) is 4.74 Å². The van der Waals surface area contributed by atoms with Gasteiger partial charge in [0.2, 0.25) is 15.9 Å². The minimum absolute atomic E-state index is 0.0469. The van der Waals surface area contributed by atoms with Gasteiger partial charge in [0.1, 0.15) is 11.5 Å². The first-order chi connectivity index (χ1) is 9.51. The number of amides is 1. The zero-order valence-corrected chi connectivity index (χ0v) is 12.5. The third-order valence-electron chi connectivity index (χ3n) is 2.37. The van der Waals surface area contributed by atoms with Gasteiger partial charge in [-0.05, 0) is 18.6 Å². The van der Waals surface area contributed by atoms with Gasteiger partial charge in [0.15, 0.2) is 0 Å². The molecule has 1 amide bonds. The van der Waals surface area contributed by atoms with E-state index in [0.717, 1.165) is 6.42 Å². The Hall–Kier alpha value is -1.44. The molecule has 0 radical (unpaired) electrons. The molecule has 0 aliphatic heterocycles. The molecule has 0 bridgehead atoms. The zero-order valence-electron chi connectivity index (χ0n) is 11.7. The lowest BCUT2D eigenvalue weighted by molar-refractivity contribution is -0.120. The summed E-state index contributed by atoms with van der Waals surface area (Å²) in [5, 5.41) is 2.55. The summed E-state index contributed by atoms with van der Waals surface area (Å²) in [7, 11) is -3.62. The number of carbonyl (C=O) groups is 1. The molecule has 1 aromatic rings. The fourth-order valence-electron chi connectivity index (χ4n) is 1.57. The first-order valence-corrected chi connectivity index (χ1v) is 7.95. The van der Waals surface area contributed by atoms with Crippen LogP contribution in [0.5, 0.6) is 0 Å². The quantitative estimate of drug-likeness (QED) is 0.710. The molecule has 112 valence electrons. The van der Waals surface area contributed by atoms with E-state index < -0.39 is 10.0 Å². The van der Waals surface area contributed by atoms with Crippen LogP contribution in [0.4, 0.5) is 5.69 Å². The van der Waals surface area contributed by atoms with Crippen LogP contribution in [0.1, 0.15) is 20.3 Å². The molecule has 0 aliphatic rings. The van der Waals surface area contributed by atoms with Gasteiger partial charge >= 0.3 is 0 Å². The summed E-state index contributed by atoms with van der Waals surface area (Å²) in [6.45, 7) is 4.31. The number of sulfonamides is 1. The van der Waals surface area contributed by atoms with Crippen molar-refractivity contribution >= 4 is 21.6 Å². The Labute approximate surface area is 119 Å². The van der Waals surface area contributed by atoms with E-state index in [1.807, 2.05) is 6.92 Å². The molecule has 7 heteroatoms. The fourth-order valence-corrected chi connectivity index (χ4v) is 2.77. The minimum atomic E-state index is -3.62. The summed E-state index contributed by atoms with van der Waals surface area (Å²) in [5.41, 5.74) is 0.249. The standard InChI is InChI=1S/C13H20N2O4S/c1-3-9-19-10-13(16)15-11-7-5-6-8-12(11)20(17,18)14-4-2/h5-8,14H,3-4,9-10H2,1-2H3,(H,15,16). The maximum Gasteiger partial charge on any atom is 0.250 e. The average molecular weight is 300 g/mol. The Morgan fingerprint density at radius 1 is 1.25 bits per heavy atom. The second-order valence-electron chi connectivity index (χ2n) is 4.10. The van der Waals surface area contributed by atoms with Crippen LogP contribution < -0.4 is 10.0 Å². The molecular formula is C13H20N2O4S. The van der Waals surface area contributed by atoms with Crippen molar-refractivity contribution in [1.29, 1.82) is 0 Å². The van der Waals surface area contributed by atoms with Crippen molar-refractivity contribution < 1.29 is 17.9 Å². The molecule has 0 atom stereocenters. The van der Waals surface area contributed by atoms with Crippen molar-refractivity contribution in [3.05, 3.63) is 24.3 Å². The second-order valence-corrected chi connectivity index (χ2v) is 5.83. The fraction of sp³-hybridized carbons (Fsp3) is 0.462. The van der Waals surface area contributed by atoms with Crippen LogP contribution in [0.25, 0.3) is 0 Å². The normalized spacial score (nSPS) is 11.3. The highest BCUT2D eigenvalue weighted by molar-refractivity contribution is 7.89. The molecule has 0 aliphatic carbocycles. The van der Waals surface area contributed by atoms with Crippen molar-refractivity contribution in [2.24, 2.45) is 0 Å². The topological polar surface area (TPSA) is 84.5 Å². The molecule has 1 rings (SSSR count). The summed E-state index contributed by atoms with van der Waals surface area (Å²) >= 11 is 0. The van der Waals surface area contributed by atoms with E-state index in [0.29, 0.717) is 6.61 Å². The SMILES string of the molecule is CCCOCC(=O)Nc1ccccc1S(=O)(=O)NCC. The summed E-state index contributed by atoms with van der Waals surface area (Å²) in [6, 6.07) is 6.25. The van der Waals surface area contributed by atoms with E-state index in [2.05, 4.69) is 10.0 Å². The molecule has 2 N–H and O–H groups in total. The Morgan fingerprint density at radius 3 is 2.60 bits per heavy atom. The lowest BCUT2D eigenvalue weighted by Crippen LogP contribution is -2.26. The van der Waals surface area contributed by atoms with Gasteiger partial charge in [-0.3, -0.25) is 4.79 Å².